The van der Waals surface area contributed by atoms with E-state index in [4.69, 9.17) is 23.2 Å². The van der Waals surface area contributed by atoms with E-state index in [2.05, 4.69) is 10.1 Å². The molecule has 0 saturated heterocycles. The fourth-order valence-corrected chi connectivity index (χ4v) is 2.02. The first-order valence-corrected chi connectivity index (χ1v) is 5.86. The van der Waals surface area contributed by atoms with Gasteiger partial charge in [0.15, 0.2) is 5.65 Å². The van der Waals surface area contributed by atoms with E-state index in [-0.39, 0.29) is 5.02 Å². The Morgan fingerprint density at radius 2 is 1.94 bits per heavy atom. The monoisotopic (exact) mass is 281 g/mol. The van der Waals surface area contributed by atoms with E-state index in [1.165, 1.54) is 12.1 Å². The molecule has 0 spiro atoms. The molecule has 90 valence electrons. The summed E-state index contributed by atoms with van der Waals surface area (Å²) in [5.41, 5.74) is 2.09. The second kappa shape index (κ2) is 4.23. The van der Waals surface area contributed by atoms with Crippen LogP contribution in [0, 0.1) is 5.82 Å². The molecule has 0 bridgehead atoms. The highest BCUT2D eigenvalue weighted by molar-refractivity contribution is 6.31. The summed E-state index contributed by atoms with van der Waals surface area (Å²) in [6.45, 7) is 0. The predicted molar refractivity (Wildman–Crippen MR) is 68.4 cm³/mol. The van der Waals surface area contributed by atoms with E-state index < -0.39 is 5.82 Å². The first kappa shape index (κ1) is 11.4. The number of nitrogens with zero attached hydrogens (tertiary/aromatic N) is 3. The summed E-state index contributed by atoms with van der Waals surface area (Å²) in [5, 5.41) is 4.56. The maximum atomic E-state index is 13.1. The zero-order chi connectivity index (χ0) is 12.7. The lowest BCUT2D eigenvalue weighted by atomic mass is 10.2. The average Bonchev–Trinajstić information content (AvgIpc) is 2.75. The van der Waals surface area contributed by atoms with Crippen molar-refractivity contribution in [3.8, 4) is 11.3 Å². The molecule has 3 rings (SSSR count). The fourth-order valence-electron chi connectivity index (χ4n) is 1.70. The summed E-state index contributed by atoms with van der Waals surface area (Å²) in [7, 11) is 0. The third-order valence-corrected chi connectivity index (χ3v) is 3.04. The van der Waals surface area contributed by atoms with Gasteiger partial charge in [-0.3, -0.25) is 0 Å². The molecule has 2 aromatic heterocycles. The van der Waals surface area contributed by atoms with Crippen molar-refractivity contribution >= 4 is 28.8 Å². The molecular formula is C12H6Cl2FN3. The minimum atomic E-state index is -0.458. The SMILES string of the molecule is Fc1ccc(-c2cnc3ccc(Cl)nn23)cc1Cl. The highest BCUT2D eigenvalue weighted by Crippen LogP contribution is 2.25. The maximum absolute atomic E-state index is 13.1. The summed E-state index contributed by atoms with van der Waals surface area (Å²) >= 11 is 11.6. The highest BCUT2D eigenvalue weighted by Gasteiger charge is 2.09. The summed E-state index contributed by atoms with van der Waals surface area (Å²) in [6, 6.07) is 7.87. The van der Waals surface area contributed by atoms with Crippen LogP contribution in [0.2, 0.25) is 10.2 Å². The maximum Gasteiger partial charge on any atom is 0.154 e. The Kier molecular flexibility index (Phi) is 2.69. The van der Waals surface area contributed by atoms with Gasteiger partial charge in [0, 0.05) is 5.56 Å². The molecule has 0 radical (unpaired) electrons. The number of halogens is 3. The standard InChI is InChI=1S/C12H6Cl2FN3/c13-8-5-7(1-2-9(8)15)10-6-16-12-4-3-11(14)17-18(10)12/h1-6H. The van der Waals surface area contributed by atoms with Crippen LogP contribution < -0.4 is 0 Å². The van der Waals surface area contributed by atoms with Crippen molar-refractivity contribution in [1.82, 2.24) is 14.6 Å². The topological polar surface area (TPSA) is 30.2 Å². The molecule has 0 aliphatic carbocycles. The van der Waals surface area contributed by atoms with E-state index in [1.807, 2.05) is 0 Å². The number of aromatic nitrogens is 3. The van der Waals surface area contributed by atoms with E-state index in [9.17, 15) is 4.39 Å². The Morgan fingerprint density at radius 1 is 1.11 bits per heavy atom. The summed E-state index contributed by atoms with van der Waals surface area (Å²) < 4.78 is 14.7. The quantitative estimate of drug-likeness (QED) is 0.678. The lowest BCUT2D eigenvalue weighted by Gasteiger charge is -2.02. The largest absolute Gasteiger partial charge is 0.235 e. The van der Waals surface area contributed by atoms with Crippen molar-refractivity contribution in [3.05, 3.63) is 52.5 Å². The number of imidazole rings is 1. The van der Waals surface area contributed by atoms with E-state index in [1.54, 1.807) is 28.9 Å². The van der Waals surface area contributed by atoms with Gasteiger partial charge in [0.2, 0.25) is 0 Å². The van der Waals surface area contributed by atoms with Gasteiger partial charge < -0.3 is 0 Å². The molecule has 0 aliphatic heterocycles. The number of fused-ring (bicyclic) bond motifs is 1. The fraction of sp³-hybridized carbons (Fsp3) is 0. The average molecular weight is 282 g/mol. The highest BCUT2D eigenvalue weighted by atomic mass is 35.5. The minimum Gasteiger partial charge on any atom is -0.235 e. The van der Waals surface area contributed by atoms with E-state index in [0.717, 1.165) is 5.56 Å². The van der Waals surface area contributed by atoms with Gasteiger partial charge in [-0.05, 0) is 30.3 Å². The molecule has 0 fully saturated rings. The summed E-state index contributed by atoms with van der Waals surface area (Å²) in [5.74, 6) is -0.458. The van der Waals surface area contributed by atoms with Gasteiger partial charge in [-0.1, -0.05) is 23.2 Å². The smallest absolute Gasteiger partial charge is 0.154 e. The van der Waals surface area contributed by atoms with Crippen molar-refractivity contribution in [2.24, 2.45) is 0 Å². The second-order valence-corrected chi connectivity index (χ2v) is 4.49. The zero-order valence-corrected chi connectivity index (χ0v) is 10.5. The van der Waals surface area contributed by atoms with E-state index >= 15 is 0 Å². The molecule has 18 heavy (non-hydrogen) atoms. The zero-order valence-electron chi connectivity index (χ0n) is 8.94. The molecule has 0 unspecified atom stereocenters. The molecule has 1 aromatic carbocycles. The molecule has 2 heterocycles. The van der Waals surface area contributed by atoms with Crippen molar-refractivity contribution in [2.75, 3.05) is 0 Å². The van der Waals surface area contributed by atoms with Gasteiger partial charge in [-0.15, -0.1) is 0 Å². The number of hydrogen-bond donors (Lipinski definition) is 0. The van der Waals surface area contributed by atoms with Gasteiger partial charge in [0.25, 0.3) is 0 Å². The molecule has 0 aliphatic rings. The normalized spacial score (nSPS) is 11.1. The number of benzene rings is 1. The molecule has 3 nitrogen and oxygen atoms in total. The molecule has 0 N–H and O–H groups in total. The Hall–Kier alpha value is -1.65. The van der Waals surface area contributed by atoms with Crippen molar-refractivity contribution < 1.29 is 4.39 Å². The molecular weight excluding hydrogens is 276 g/mol. The Morgan fingerprint density at radius 3 is 2.72 bits per heavy atom. The van der Waals surface area contributed by atoms with Gasteiger partial charge in [0.1, 0.15) is 11.0 Å². The molecule has 0 amide bonds. The van der Waals surface area contributed by atoms with Gasteiger partial charge in [-0.25, -0.2) is 13.9 Å². The lowest BCUT2D eigenvalue weighted by Crippen LogP contribution is -1.94. The van der Waals surface area contributed by atoms with Crippen LogP contribution in [-0.2, 0) is 0 Å². The van der Waals surface area contributed by atoms with Crippen LogP contribution >= 0.6 is 23.2 Å². The van der Waals surface area contributed by atoms with Crippen LogP contribution in [0.3, 0.4) is 0 Å². The molecule has 0 saturated carbocycles. The Labute approximate surface area is 112 Å². The van der Waals surface area contributed by atoms with Crippen LogP contribution in [0.15, 0.2) is 36.5 Å². The molecule has 3 aromatic rings. The predicted octanol–water partition coefficient (Wildman–Crippen LogP) is 3.84. The van der Waals surface area contributed by atoms with Crippen LogP contribution in [0.5, 0.6) is 0 Å². The Bertz CT molecular complexity index is 739. The number of hydrogen-bond acceptors (Lipinski definition) is 2. The van der Waals surface area contributed by atoms with Crippen LogP contribution in [0.25, 0.3) is 16.9 Å². The third-order valence-electron chi connectivity index (χ3n) is 2.55. The van der Waals surface area contributed by atoms with Crippen LogP contribution in [0.1, 0.15) is 0 Å². The summed E-state index contributed by atoms with van der Waals surface area (Å²) in [4.78, 5) is 4.19. The van der Waals surface area contributed by atoms with Gasteiger partial charge in [-0.2, -0.15) is 5.10 Å². The third kappa shape index (κ3) is 1.83. The minimum absolute atomic E-state index is 0.0597. The first-order chi connectivity index (χ1) is 8.65. The summed E-state index contributed by atoms with van der Waals surface area (Å²) in [6.07, 6.45) is 1.64. The van der Waals surface area contributed by atoms with Crippen molar-refractivity contribution in [1.29, 1.82) is 0 Å². The van der Waals surface area contributed by atoms with Gasteiger partial charge >= 0.3 is 0 Å². The van der Waals surface area contributed by atoms with Crippen molar-refractivity contribution in [2.45, 2.75) is 0 Å². The second-order valence-electron chi connectivity index (χ2n) is 3.70. The Balaban J connectivity index is 2.24. The van der Waals surface area contributed by atoms with E-state index in [0.29, 0.717) is 16.5 Å². The van der Waals surface area contributed by atoms with Crippen LogP contribution in [-0.4, -0.2) is 14.6 Å². The first-order valence-electron chi connectivity index (χ1n) is 5.11. The molecule has 0 atom stereocenters. The van der Waals surface area contributed by atoms with Crippen molar-refractivity contribution in [3.63, 3.8) is 0 Å². The number of rotatable bonds is 1. The van der Waals surface area contributed by atoms with Gasteiger partial charge in [0.05, 0.1) is 16.9 Å². The van der Waals surface area contributed by atoms with Crippen LogP contribution in [0.4, 0.5) is 4.39 Å². The lowest BCUT2D eigenvalue weighted by molar-refractivity contribution is 0.628. The molecule has 6 heteroatoms.